The van der Waals surface area contributed by atoms with Gasteiger partial charge in [0.15, 0.2) is 0 Å². The maximum absolute atomic E-state index is 12.1. The Morgan fingerprint density at radius 3 is 1.35 bits per heavy atom. The fraction of sp³-hybridized carbons (Fsp3) is 0. The number of rotatable bonds is 9. The number of anilines is 6. The van der Waals surface area contributed by atoms with Crippen LogP contribution in [0.5, 0.6) is 23.0 Å². The number of ether oxygens (including phenoxy) is 2. The van der Waals surface area contributed by atoms with Gasteiger partial charge in [-0.15, -0.1) is 0 Å². The van der Waals surface area contributed by atoms with E-state index in [0.29, 0.717) is 67.2 Å². The minimum absolute atomic E-state index is 0.00733. The summed E-state index contributed by atoms with van der Waals surface area (Å²) < 4.78 is 189. The summed E-state index contributed by atoms with van der Waals surface area (Å²) in [6.45, 7) is -2.77. The molecule has 21 rings (SSSR count). The lowest BCUT2D eigenvalue weighted by Crippen LogP contribution is -2.66. The molecule has 0 fully saturated rings. The van der Waals surface area contributed by atoms with Crippen molar-refractivity contribution in [2.45, 2.75) is 0 Å². The van der Waals surface area contributed by atoms with Crippen molar-refractivity contribution in [3.05, 3.63) is 333 Å². The van der Waals surface area contributed by atoms with Gasteiger partial charge < -0.3 is 23.8 Å². The maximum atomic E-state index is 12.1. The van der Waals surface area contributed by atoms with Gasteiger partial charge in [0.25, 0.3) is 13.4 Å². The summed E-state index contributed by atoms with van der Waals surface area (Å²) in [7, 11) is 0. The van der Waals surface area contributed by atoms with Gasteiger partial charge in [-0.05, 0) is 137 Å². The van der Waals surface area contributed by atoms with E-state index in [2.05, 4.69) is 0 Å². The predicted octanol–water partition coefficient (Wildman–Crippen LogP) is 19.6. The van der Waals surface area contributed by atoms with Crippen molar-refractivity contribution < 1.29 is 32.8 Å². The molecule has 6 heterocycles. The van der Waals surface area contributed by atoms with Crippen LogP contribution in [0.25, 0.3) is 105 Å². The molecule has 448 valence electrons. The Bertz CT molecular complexity index is 6880. The Morgan fingerprint density at radius 1 is 0.289 bits per heavy atom. The monoisotopic (exact) mass is 1250 g/mol. The molecule has 15 aromatic carbocycles. The third-order valence-electron chi connectivity index (χ3n) is 19.6. The number of para-hydroxylation sites is 3. The molecule has 0 saturated heterocycles. The molecule has 1 aromatic heterocycles. The number of benzene rings is 15. The van der Waals surface area contributed by atoms with Gasteiger partial charge in [0.2, 0.25) is 0 Å². The second-order valence-electron chi connectivity index (χ2n) is 24.7. The second-order valence-corrected chi connectivity index (χ2v) is 24.7. The van der Waals surface area contributed by atoms with Crippen LogP contribution < -0.4 is 52.1 Å². The first-order chi connectivity index (χ1) is 55.3. The lowest BCUT2D eigenvalue weighted by molar-refractivity contribution is 0.466. The summed E-state index contributed by atoms with van der Waals surface area (Å²) in [4.78, 5) is 3.98. The minimum Gasteiger partial charge on any atom is -0.459 e. The first-order valence-electron chi connectivity index (χ1n) is 40.7. The van der Waals surface area contributed by atoms with Crippen LogP contribution in [0.4, 0.5) is 34.1 Å². The van der Waals surface area contributed by atoms with Gasteiger partial charge in [-0.1, -0.05) is 279 Å². The van der Waals surface area contributed by atoms with Crippen molar-refractivity contribution >= 4 is 102 Å². The van der Waals surface area contributed by atoms with Gasteiger partial charge in [-0.3, -0.25) is 0 Å². The lowest BCUT2D eigenvalue weighted by Gasteiger charge is -2.48. The molecule has 0 radical (unpaired) electrons. The van der Waals surface area contributed by atoms with Gasteiger partial charge >= 0.3 is 0 Å². The summed E-state index contributed by atoms with van der Waals surface area (Å²) in [6, 6.07) is 64.2. The molecular weight excluding hydrogens is 1180 g/mol. The van der Waals surface area contributed by atoms with Crippen LogP contribution in [-0.2, 0) is 0 Å². The van der Waals surface area contributed by atoms with Crippen LogP contribution in [0.1, 0.15) is 23.3 Å². The smallest absolute Gasteiger partial charge is 0.266 e. The highest BCUT2D eigenvalue weighted by Gasteiger charge is 2.53. The molecule has 5 aliphatic heterocycles. The molecule has 16 aromatic rings. The van der Waals surface area contributed by atoms with Gasteiger partial charge in [0.05, 0.1) is 45.7 Å². The Hall–Kier alpha value is -12.6. The topological polar surface area (TPSA) is 29.9 Å². The second kappa shape index (κ2) is 21.0. The summed E-state index contributed by atoms with van der Waals surface area (Å²) in [5.74, 6) is -0.413. The van der Waals surface area contributed by atoms with Crippen LogP contribution in [-0.4, -0.2) is 18.0 Å². The van der Waals surface area contributed by atoms with Gasteiger partial charge in [-0.25, -0.2) is 0 Å². The van der Waals surface area contributed by atoms with Crippen molar-refractivity contribution in [1.82, 2.24) is 4.57 Å². The maximum Gasteiger partial charge on any atom is 0.266 e. The Morgan fingerprint density at radius 2 is 0.784 bits per heavy atom. The molecule has 7 heteroatoms. The molecule has 0 N–H and O–H groups in total. The molecule has 0 atom stereocenters. The summed E-state index contributed by atoms with van der Waals surface area (Å²) >= 11 is 0. The van der Waals surface area contributed by atoms with E-state index in [1.807, 2.05) is 210 Å². The van der Waals surface area contributed by atoms with Crippen molar-refractivity contribution in [1.29, 1.82) is 0 Å². The molecule has 0 bridgehead atoms. The molecular formula is C90H55B2N3O2. The molecule has 0 amide bonds. The number of hydrogen-bond donors (Lipinski definition) is 0. The lowest BCUT2D eigenvalue weighted by atomic mass is 9.29. The van der Waals surface area contributed by atoms with E-state index < -0.39 is 109 Å². The van der Waals surface area contributed by atoms with E-state index in [1.165, 1.54) is 0 Å². The molecule has 0 unspecified atom stereocenters. The molecule has 0 spiro atoms. The van der Waals surface area contributed by atoms with Gasteiger partial charge in [-0.2, -0.15) is 0 Å². The summed E-state index contributed by atoms with van der Waals surface area (Å²) in [5, 5.41) is -0.141. The highest BCUT2D eigenvalue weighted by atomic mass is 16.5. The van der Waals surface area contributed by atoms with Crippen LogP contribution in [0.15, 0.2) is 333 Å². The Labute approximate surface area is 586 Å². The van der Waals surface area contributed by atoms with Crippen molar-refractivity contribution in [3.8, 4) is 107 Å². The zero-order valence-corrected chi connectivity index (χ0v) is 51.3. The predicted molar refractivity (Wildman–Crippen MR) is 404 cm³/mol. The van der Waals surface area contributed by atoms with E-state index in [9.17, 15) is 21.9 Å². The van der Waals surface area contributed by atoms with E-state index in [0.717, 1.165) is 22.3 Å². The van der Waals surface area contributed by atoms with Crippen molar-refractivity contribution in [2.75, 3.05) is 9.80 Å². The summed E-state index contributed by atoms with van der Waals surface area (Å²) in [5.41, 5.74) is 9.46. The summed E-state index contributed by atoms with van der Waals surface area (Å²) in [6.07, 6.45) is 0. The third kappa shape index (κ3) is 7.91. The van der Waals surface area contributed by atoms with Crippen LogP contribution >= 0.6 is 0 Å². The average molecular weight is 1250 g/mol. The van der Waals surface area contributed by atoms with E-state index in [1.54, 1.807) is 34.9 Å². The third-order valence-corrected chi connectivity index (χ3v) is 19.6. The molecule has 0 saturated carbocycles. The standard InChI is InChI=1S/C90H55B2N3O2/c1-8-26-56(27-9-1)63-46-48-72-74(50-63)94(87-66(59-32-14-4-15-33-59)41-24-42-67(87)60-34-16-5-17-35-60)75-51-64(57-28-10-2-11-29-57)52-76-82(75)91(72)83-77(95(76)88-68(61-36-18-6-19-37-61)43-25-44-69(88)62-38-20-7-21-39-62)55-78-84-90(83)97-81-54-65(58-30-12-3-13-31-58)53-80-85(81)92(84)86-79(96-80)49-47-71-70-40-22-23-45-73(70)93(78)89(71)86/h1-55H/i1D,8D,9D,22D,23D,26D,27D,40D,45D,46D,47D,48D,49D,50D,53D,54D,55D. The fourth-order valence-electron chi connectivity index (χ4n) is 15.6. The highest BCUT2D eigenvalue weighted by molar-refractivity contribution is 7.04. The normalized spacial score (nSPS) is 15.5. The van der Waals surface area contributed by atoms with E-state index in [4.69, 9.17) is 10.8 Å². The first-order valence-corrected chi connectivity index (χ1v) is 32.2. The van der Waals surface area contributed by atoms with Gasteiger partial charge in [0.1, 0.15) is 23.0 Å². The first kappa shape index (κ1) is 39.9. The number of fused-ring (bicyclic) bond motifs is 9. The fourth-order valence-corrected chi connectivity index (χ4v) is 15.6. The number of aromatic nitrogens is 1. The van der Waals surface area contributed by atoms with Crippen molar-refractivity contribution in [3.63, 3.8) is 0 Å². The molecule has 5 nitrogen and oxygen atoms in total. The van der Waals surface area contributed by atoms with E-state index >= 15 is 0 Å². The Balaban J connectivity index is 1.04. The highest BCUT2D eigenvalue weighted by Crippen LogP contribution is 2.56. The van der Waals surface area contributed by atoms with Gasteiger partial charge in [0, 0.05) is 66.9 Å². The zero-order chi connectivity index (χ0) is 78.2. The Kier molecular flexibility index (Phi) is 8.61. The SMILES string of the molecule is [2H]c1c([2H])c([2H])c(-c2c([2H])c([2H])c3c(c2[2H])N(c2c(-c4ccccc4)cccc2-c2ccccc2)c2cc(-c4ccccc4)cc4c2B3c2c3c5c(c([2H])c2N4c2c(-c4ccccc4)cccc2-c2ccccc2)-n2c4c([2H])c([2H])c([2H])c([2H])c4c4c([2H])c([2H])c6c(c42)B5c2c(c([2H])c(-c4ccccc4)c([2H])c2O6)O3)c([2H])c1[2H]. The van der Waals surface area contributed by atoms with Crippen LogP contribution in [0, 0.1) is 0 Å². The molecule has 97 heavy (non-hydrogen) atoms. The molecule has 0 aliphatic carbocycles. The van der Waals surface area contributed by atoms with Crippen LogP contribution in [0.3, 0.4) is 0 Å². The quantitative estimate of drug-likeness (QED) is 0.135. The largest absolute Gasteiger partial charge is 0.459 e. The van der Waals surface area contributed by atoms with E-state index in [-0.39, 0.29) is 113 Å². The van der Waals surface area contributed by atoms with Crippen LogP contribution in [0.2, 0.25) is 0 Å². The molecule has 5 aliphatic rings. The average Bonchev–Trinajstić information content (AvgIpc) is 1.25. The number of nitrogens with zero attached hydrogens (tertiary/aromatic N) is 3. The minimum atomic E-state index is -1.48. The van der Waals surface area contributed by atoms with Crippen molar-refractivity contribution in [2.24, 2.45) is 0 Å². The number of hydrogen-bond acceptors (Lipinski definition) is 4. The zero-order valence-electron chi connectivity index (χ0n) is 68.3.